The number of hydrogen-bond donors (Lipinski definition) is 3. The number of carbonyl (C=O) groups excluding carboxylic acids is 1. The summed E-state index contributed by atoms with van der Waals surface area (Å²) in [5.41, 5.74) is 0. The first-order chi connectivity index (χ1) is 10.1. The molecule has 0 radical (unpaired) electrons. The molecular formula is C15H26N2O4. The van der Waals surface area contributed by atoms with Crippen molar-refractivity contribution in [3.63, 3.8) is 0 Å². The molecule has 3 N–H and O–H groups in total. The molecule has 0 aromatic heterocycles. The van der Waals surface area contributed by atoms with E-state index in [1.165, 1.54) is 19.3 Å². The number of carboxylic acid groups (broad SMARTS) is 1. The van der Waals surface area contributed by atoms with Crippen LogP contribution in [0.15, 0.2) is 0 Å². The van der Waals surface area contributed by atoms with Gasteiger partial charge >= 0.3 is 6.09 Å². The number of amides is 2. The van der Waals surface area contributed by atoms with Gasteiger partial charge in [-0.3, -0.25) is 4.79 Å². The molecule has 0 unspecified atom stereocenters. The van der Waals surface area contributed by atoms with Gasteiger partial charge in [0.25, 0.3) is 0 Å². The van der Waals surface area contributed by atoms with Crippen molar-refractivity contribution in [2.45, 2.75) is 63.5 Å². The molecule has 1 heterocycles. The predicted molar refractivity (Wildman–Crippen MR) is 78.0 cm³/mol. The Bertz CT molecular complexity index is 369. The Labute approximate surface area is 125 Å². The highest BCUT2D eigenvalue weighted by molar-refractivity contribution is 5.78. The summed E-state index contributed by atoms with van der Waals surface area (Å²) >= 11 is 0. The summed E-state index contributed by atoms with van der Waals surface area (Å²) in [6, 6.07) is -0.487. The van der Waals surface area contributed by atoms with Crippen LogP contribution in [0.25, 0.3) is 0 Å². The van der Waals surface area contributed by atoms with Crippen LogP contribution >= 0.6 is 0 Å². The van der Waals surface area contributed by atoms with E-state index in [4.69, 9.17) is 5.11 Å². The summed E-state index contributed by atoms with van der Waals surface area (Å²) in [6.07, 6.45) is 5.91. The van der Waals surface area contributed by atoms with Gasteiger partial charge in [-0.2, -0.15) is 0 Å². The molecule has 0 bridgehead atoms. The highest BCUT2D eigenvalue weighted by atomic mass is 16.4. The summed E-state index contributed by atoms with van der Waals surface area (Å²) in [6.45, 7) is 0.898. The fourth-order valence-electron chi connectivity index (χ4n) is 3.50. The largest absolute Gasteiger partial charge is 0.465 e. The molecule has 2 aliphatic rings. The molecule has 0 spiro atoms. The lowest BCUT2D eigenvalue weighted by atomic mass is 9.83. The molecule has 2 fully saturated rings. The van der Waals surface area contributed by atoms with Crippen LogP contribution in [0.2, 0.25) is 0 Å². The van der Waals surface area contributed by atoms with E-state index in [1.54, 1.807) is 4.90 Å². The van der Waals surface area contributed by atoms with Crippen LogP contribution in [0, 0.1) is 5.92 Å². The van der Waals surface area contributed by atoms with Crippen molar-refractivity contribution in [3.05, 3.63) is 0 Å². The number of nitrogens with zero attached hydrogens (tertiary/aromatic N) is 1. The number of aliphatic hydroxyl groups excluding tert-OH is 1. The van der Waals surface area contributed by atoms with E-state index < -0.39 is 18.2 Å². The van der Waals surface area contributed by atoms with E-state index in [1.807, 2.05) is 0 Å². The van der Waals surface area contributed by atoms with Crippen molar-refractivity contribution in [1.29, 1.82) is 0 Å². The van der Waals surface area contributed by atoms with E-state index in [0.717, 1.165) is 19.3 Å². The number of nitrogens with one attached hydrogen (secondary N) is 1. The number of carbonyl (C=O) groups is 2. The summed E-state index contributed by atoms with van der Waals surface area (Å²) in [5.74, 6) is 0.528. The van der Waals surface area contributed by atoms with Crippen molar-refractivity contribution >= 4 is 12.0 Å². The zero-order valence-corrected chi connectivity index (χ0v) is 12.5. The molecule has 1 saturated heterocycles. The Hall–Kier alpha value is -1.30. The lowest BCUT2D eigenvalue weighted by Gasteiger charge is -2.31. The molecule has 120 valence electrons. The summed E-state index contributed by atoms with van der Waals surface area (Å²) in [4.78, 5) is 24.2. The molecule has 0 aromatic rings. The molecular weight excluding hydrogens is 272 g/mol. The van der Waals surface area contributed by atoms with Crippen molar-refractivity contribution in [1.82, 2.24) is 10.2 Å². The lowest BCUT2D eigenvalue weighted by Crippen LogP contribution is -2.49. The maximum Gasteiger partial charge on any atom is 0.404 e. The van der Waals surface area contributed by atoms with Crippen molar-refractivity contribution in [2.24, 2.45) is 5.92 Å². The van der Waals surface area contributed by atoms with Crippen LogP contribution in [0.4, 0.5) is 4.79 Å². The minimum Gasteiger partial charge on any atom is -0.465 e. The Kier molecular flexibility index (Phi) is 5.85. The van der Waals surface area contributed by atoms with Gasteiger partial charge in [-0.25, -0.2) is 4.79 Å². The Balaban J connectivity index is 1.89. The first kappa shape index (κ1) is 16.1. The highest BCUT2D eigenvalue weighted by Crippen LogP contribution is 2.28. The van der Waals surface area contributed by atoms with Gasteiger partial charge in [0, 0.05) is 19.5 Å². The second kappa shape index (κ2) is 7.64. The maximum absolute atomic E-state index is 11.6. The van der Waals surface area contributed by atoms with Crippen LogP contribution in [0.1, 0.15) is 51.4 Å². The fraction of sp³-hybridized carbons (Fsp3) is 0.867. The number of rotatable bonds is 6. The van der Waals surface area contributed by atoms with Crippen LogP contribution in [-0.4, -0.2) is 52.3 Å². The normalized spacial score (nSPS) is 23.1. The first-order valence-electron chi connectivity index (χ1n) is 8.01. The SMILES string of the molecule is O=C(O)N[C@@H](CC1CCCCC1)[C@@H](O)CN1CCCC1=O. The van der Waals surface area contributed by atoms with Gasteiger partial charge in [0.15, 0.2) is 0 Å². The Morgan fingerprint density at radius 2 is 2.00 bits per heavy atom. The summed E-state index contributed by atoms with van der Waals surface area (Å²) in [5, 5.41) is 21.8. The molecule has 2 amide bonds. The lowest BCUT2D eigenvalue weighted by molar-refractivity contribution is -0.129. The minimum atomic E-state index is -1.11. The average molecular weight is 298 g/mol. The standard InChI is InChI=1S/C15H26N2O4/c18-13(10-17-8-4-7-14(17)19)12(16-15(20)21)9-11-5-2-1-3-6-11/h11-13,16,18H,1-10H2,(H,20,21)/t12-,13-/m0/s1. The Morgan fingerprint density at radius 1 is 1.29 bits per heavy atom. The monoisotopic (exact) mass is 298 g/mol. The van der Waals surface area contributed by atoms with Gasteiger partial charge < -0.3 is 20.4 Å². The van der Waals surface area contributed by atoms with Gasteiger partial charge in [0.05, 0.1) is 12.1 Å². The van der Waals surface area contributed by atoms with E-state index in [9.17, 15) is 14.7 Å². The molecule has 1 saturated carbocycles. The molecule has 6 heteroatoms. The van der Waals surface area contributed by atoms with Gasteiger partial charge in [0.1, 0.15) is 0 Å². The number of β-amino-alcohol motifs (C(OH)–C–C–N with tert-alkyl or cyclic N) is 1. The van der Waals surface area contributed by atoms with Gasteiger partial charge in [-0.1, -0.05) is 32.1 Å². The topological polar surface area (TPSA) is 89.9 Å². The molecule has 2 atom stereocenters. The van der Waals surface area contributed by atoms with Gasteiger partial charge in [0.2, 0.25) is 5.91 Å². The second-order valence-corrected chi connectivity index (χ2v) is 6.31. The van der Waals surface area contributed by atoms with Gasteiger partial charge in [-0.05, 0) is 18.8 Å². The van der Waals surface area contributed by atoms with Crippen LogP contribution in [0.5, 0.6) is 0 Å². The second-order valence-electron chi connectivity index (χ2n) is 6.31. The summed E-state index contributed by atoms with van der Waals surface area (Å²) in [7, 11) is 0. The molecule has 0 aromatic carbocycles. The smallest absolute Gasteiger partial charge is 0.404 e. The van der Waals surface area contributed by atoms with E-state index >= 15 is 0 Å². The fourth-order valence-corrected chi connectivity index (χ4v) is 3.50. The Morgan fingerprint density at radius 3 is 2.57 bits per heavy atom. The molecule has 6 nitrogen and oxygen atoms in total. The molecule has 21 heavy (non-hydrogen) atoms. The third-order valence-corrected chi connectivity index (χ3v) is 4.66. The third-order valence-electron chi connectivity index (χ3n) is 4.66. The quantitative estimate of drug-likeness (QED) is 0.694. The maximum atomic E-state index is 11.6. The van der Waals surface area contributed by atoms with Crippen molar-refractivity contribution < 1.29 is 19.8 Å². The zero-order chi connectivity index (χ0) is 15.2. The van der Waals surface area contributed by atoms with Crippen molar-refractivity contribution in [2.75, 3.05) is 13.1 Å². The number of aliphatic hydroxyl groups is 1. The highest BCUT2D eigenvalue weighted by Gasteiger charge is 2.30. The summed E-state index contributed by atoms with van der Waals surface area (Å²) < 4.78 is 0. The van der Waals surface area contributed by atoms with Crippen LogP contribution < -0.4 is 5.32 Å². The number of likely N-dealkylation sites (tertiary alicyclic amines) is 1. The van der Waals surface area contributed by atoms with E-state index in [0.29, 0.717) is 25.3 Å². The van der Waals surface area contributed by atoms with E-state index in [2.05, 4.69) is 5.32 Å². The zero-order valence-electron chi connectivity index (χ0n) is 12.5. The third kappa shape index (κ3) is 4.88. The minimum absolute atomic E-state index is 0.0563. The van der Waals surface area contributed by atoms with Crippen molar-refractivity contribution in [3.8, 4) is 0 Å². The van der Waals surface area contributed by atoms with E-state index in [-0.39, 0.29) is 12.5 Å². The van der Waals surface area contributed by atoms with Gasteiger partial charge in [-0.15, -0.1) is 0 Å². The number of hydrogen-bond acceptors (Lipinski definition) is 3. The average Bonchev–Trinajstić information content (AvgIpc) is 2.84. The van der Waals surface area contributed by atoms with Crippen LogP contribution in [0.3, 0.4) is 0 Å². The molecule has 1 aliphatic carbocycles. The molecule has 2 rings (SSSR count). The predicted octanol–water partition coefficient (Wildman–Crippen LogP) is 1.58. The molecule has 1 aliphatic heterocycles. The van der Waals surface area contributed by atoms with Crippen LogP contribution in [-0.2, 0) is 4.79 Å². The first-order valence-corrected chi connectivity index (χ1v) is 8.01.